The van der Waals surface area contributed by atoms with Gasteiger partial charge < -0.3 is 14.1 Å². The molecule has 3 aromatic rings. The van der Waals surface area contributed by atoms with Gasteiger partial charge >= 0.3 is 0 Å². The number of furan rings is 1. The molecule has 0 bridgehead atoms. The number of anilines is 1. The fourth-order valence-electron chi connectivity index (χ4n) is 4.14. The summed E-state index contributed by atoms with van der Waals surface area (Å²) in [4.78, 5) is 28.0. The topological polar surface area (TPSA) is 89.1 Å². The first-order valence-corrected chi connectivity index (χ1v) is 10.5. The van der Waals surface area contributed by atoms with Gasteiger partial charge in [0.2, 0.25) is 0 Å². The first kappa shape index (κ1) is 21.6. The number of piperidine rings is 1. The number of nitrogens with zero attached hydrogens (tertiary/aromatic N) is 3. The Kier molecular flexibility index (Phi) is 6.51. The van der Waals surface area contributed by atoms with Gasteiger partial charge in [0.15, 0.2) is 5.76 Å². The van der Waals surface area contributed by atoms with Crippen LogP contribution < -0.4 is 9.64 Å². The molecule has 32 heavy (non-hydrogen) atoms. The van der Waals surface area contributed by atoms with Gasteiger partial charge in [-0.2, -0.15) is 0 Å². The Balaban J connectivity index is 1.49. The van der Waals surface area contributed by atoms with Gasteiger partial charge in [0, 0.05) is 49.6 Å². The second-order valence-electron chi connectivity index (χ2n) is 7.79. The number of carbonyl (C=O) groups excluding carboxylic acids is 1. The lowest BCUT2D eigenvalue weighted by molar-refractivity contribution is -0.384. The van der Waals surface area contributed by atoms with Crippen LogP contribution in [0.1, 0.15) is 29.0 Å². The van der Waals surface area contributed by atoms with Crippen LogP contribution in [0.25, 0.3) is 0 Å². The number of ether oxygens (including phenoxy) is 1. The quantitative estimate of drug-likeness (QED) is 0.401. The molecule has 0 aliphatic carbocycles. The van der Waals surface area contributed by atoms with Crippen LogP contribution in [0.5, 0.6) is 5.75 Å². The zero-order chi connectivity index (χ0) is 22.5. The lowest BCUT2D eigenvalue weighted by Crippen LogP contribution is -2.47. The molecular formula is C24H25N3O5. The average molecular weight is 435 g/mol. The number of amides is 1. The third kappa shape index (κ3) is 4.81. The highest BCUT2D eigenvalue weighted by Crippen LogP contribution is 2.29. The van der Waals surface area contributed by atoms with Crippen LogP contribution in [-0.4, -0.2) is 42.0 Å². The van der Waals surface area contributed by atoms with Gasteiger partial charge in [-0.05, 0) is 42.7 Å². The van der Waals surface area contributed by atoms with Gasteiger partial charge in [0.1, 0.15) is 5.75 Å². The van der Waals surface area contributed by atoms with Crippen molar-refractivity contribution in [2.24, 2.45) is 0 Å². The summed E-state index contributed by atoms with van der Waals surface area (Å²) in [6, 6.07) is 17.6. The van der Waals surface area contributed by atoms with Crippen molar-refractivity contribution in [2.45, 2.75) is 25.4 Å². The fraction of sp³-hybridized carbons (Fsp3) is 0.292. The number of hydrogen-bond acceptors (Lipinski definition) is 6. The Morgan fingerprint density at radius 1 is 1.16 bits per heavy atom. The Morgan fingerprint density at radius 2 is 1.94 bits per heavy atom. The average Bonchev–Trinajstić information content (AvgIpc) is 3.36. The Hall–Kier alpha value is -3.65. The lowest BCUT2D eigenvalue weighted by Gasteiger charge is -2.38. The zero-order valence-corrected chi connectivity index (χ0v) is 17.8. The van der Waals surface area contributed by atoms with Gasteiger partial charge in [-0.15, -0.1) is 0 Å². The largest absolute Gasteiger partial charge is 0.497 e. The highest BCUT2D eigenvalue weighted by atomic mass is 16.6. The minimum absolute atomic E-state index is 0.000987. The molecule has 1 aromatic heterocycles. The van der Waals surface area contributed by atoms with E-state index in [0.29, 0.717) is 18.1 Å². The molecule has 166 valence electrons. The molecule has 2 heterocycles. The van der Waals surface area contributed by atoms with Crippen LogP contribution in [0.4, 0.5) is 11.4 Å². The molecule has 4 rings (SSSR count). The second kappa shape index (κ2) is 9.65. The molecule has 1 aliphatic heterocycles. The predicted molar refractivity (Wildman–Crippen MR) is 120 cm³/mol. The third-order valence-electron chi connectivity index (χ3n) is 5.73. The minimum atomic E-state index is -0.373. The summed E-state index contributed by atoms with van der Waals surface area (Å²) < 4.78 is 10.7. The Morgan fingerprint density at radius 3 is 2.62 bits per heavy atom. The number of benzene rings is 2. The number of rotatable bonds is 7. The molecule has 8 nitrogen and oxygen atoms in total. The van der Waals surface area contributed by atoms with Crippen molar-refractivity contribution >= 4 is 17.3 Å². The van der Waals surface area contributed by atoms with Gasteiger partial charge in [-0.3, -0.25) is 19.8 Å². The normalized spacial score (nSPS) is 14.8. The number of nitro groups is 1. The van der Waals surface area contributed by atoms with Crippen molar-refractivity contribution in [1.82, 2.24) is 4.90 Å². The predicted octanol–water partition coefficient (Wildman–Crippen LogP) is 4.51. The summed E-state index contributed by atoms with van der Waals surface area (Å²) in [5.74, 6) is 0.801. The van der Waals surface area contributed by atoms with Crippen LogP contribution in [0.15, 0.2) is 71.3 Å². The number of nitro benzene ring substituents is 1. The maximum absolute atomic E-state index is 13.3. The number of carbonyl (C=O) groups is 1. The van der Waals surface area contributed by atoms with Crippen LogP contribution in [-0.2, 0) is 6.54 Å². The first-order valence-electron chi connectivity index (χ1n) is 10.5. The Bertz CT molecular complexity index is 1070. The zero-order valence-electron chi connectivity index (χ0n) is 17.8. The summed E-state index contributed by atoms with van der Waals surface area (Å²) >= 11 is 0. The van der Waals surface area contributed by atoms with E-state index in [1.807, 2.05) is 30.3 Å². The highest BCUT2D eigenvalue weighted by molar-refractivity contribution is 6.04. The smallest absolute Gasteiger partial charge is 0.294 e. The van der Waals surface area contributed by atoms with E-state index in [0.717, 1.165) is 37.2 Å². The second-order valence-corrected chi connectivity index (χ2v) is 7.79. The summed E-state index contributed by atoms with van der Waals surface area (Å²) in [5, 5.41) is 11.0. The van der Waals surface area contributed by atoms with E-state index in [9.17, 15) is 14.9 Å². The monoisotopic (exact) mass is 435 g/mol. The summed E-state index contributed by atoms with van der Waals surface area (Å²) in [5.41, 5.74) is 1.78. The van der Waals surface area contributed by atoms with Crippen molar-refractivity contribution in [3.8, 4) is 5.75 Å². The number of methoxy groups -OCH3 is 1. The molecule has 8 heteroatoms. The van der Waals surface area contributed by atoms with Crippen molar-refractivity contribution in [2.75, 3.05) is 25.1 Å². The SMILES string of the molecule is COc1cccc(N(C(=O)c2ccco2)C2CCN(Cc3cccc([N+](=O)[O-])c3)CC2)c1. The Labute approximate surface area is 186 Å². The van der Waals surface area contributed by atoms with Gasteiger partial charge in [0.25, 0.3) is 11.6 Å². The standard InChI is InChI=1S/C24H25N3O5/c1-31-22-8-3-6-20(16-22)26(24(28)23-9-4-14-32-23)19-10-12-25(13-11-19)17-18-5-2-7-21(15-18)27(29)30/h2-9,14-16,19H,10-13,17H2,1H3. The van der Waals surface area contributed by atoms with Gasteiger partial charge in [-0.25, -0.2) is 0 Å². The molecule has 0 spiro atoms. The molecule has 1 saturated heterocycles. The molecule has 1 fully saturated rings. The number of likely N-dealkylation sites (tertiary alicyclic amines) is 1. The van der Waals surface area contributed by atoms with Crippen LogP contribution in [0.3, 0.4) is 0 Å². The maximum atomic E-state index is 13.3. The van der Waals surface area contributed by atoms with Crippen LogP contribution in [0, 0.1) is 10.1 Å². The fourth-order valence-corrected chi connectivity index (χ4v) is 4.14. The molecular weight excluding hydrogens is 410 g/mol. The van der Waals surface area contributed by atoms with Gasteiger partial charge in [-0.1, -0.05) is 18.2 Å². The third-order valence-corrected chi connectivity index (χ3v) is 5.73. The lowest BCUT2D eigenvalue weighted by atomic mass is 10.0. The van der Waals surface area contributed by atoms with E-state index in [2.05, 4.69) is 4.90 Å². The van der Waals surface area contributed by atoms with Gasteiger partial charge in [0.05, 0.1) is 18.3 Å². The van der Waals surface area contributed by atoms with E-state index in [1.54, 1.807) is 36.3 Å². The van der Waals surface area contributed by atoms with Crippen molar-refractivity contribution in [3.63, 3.8) is 0 Å². The molecule has 2 aromatic carbocycles. The van der Waals surface area contributed by atoms with E-state index >= 15 is 0 Å². The summed E-state index contributed by atoms with van der Waals surface area (Å²) in [7, 11) is 1.60. The van der Waals surface area contributed by atoms with Crippen molar-refractivity contribution < 1.29 is 18.9 Å². The highest BCUT2D eigenvalue weighted by Gasteiger charge is 2.31. The molecule has 0 saturated carbocycles. The van der Waals surface area contributed by atoms with E-state index in [1.165, 1.54) is 12.3 Å². The van der Waals surface area contributed by atoms with Crippen molar-refractivity contribution in [1.29, 1.82) is 0 Å². The molecule has 0 unspecified atom stereocenters. The first-order chi connectivity index (χ1) is 15.5. The van der Waals surface area contributed by atoms with Crippen molar-refractivity contribution in [3.05, 3.63) is 88.4 Å². The molecule has 1 amide bonds. The molecule has 0 radical (unpaired) electrons. The summed E-state index contributed by atoms with van der Waals surface area (Å²) in [6.45, 7) is 2.19. The van der Waals surface area contributed by atoms with Crippen LogP contribution in [0.2, 0.25) is 0 Å². The number of hydrogen-bond donors (Lipinski definition) is 0. The summed E-state index contributed by atoms with van der Waals surface area (Å²) in [6.07, 6.45) is 3.05. The van der Waals surface area contributed by atoms with Crippen LogP contribution >= 0.6 is 0 Å². The molecule has 1 aliphatic rings. The molecule has 0 N–H and O–H groups in total. The van der Waals surface area contributed by atoms with E-state index in [4.69, 9.17) is 9.15 Å². The maximum Gasteiger partial charge on any atom is 0.294 e. The number of non-ortho nitro benzene ring substituents is 1. The minimum Gasteiger partial charge on any atom is -0.497 e. The molecule has 0 atom stereocenters. The van der Waals surface area contributed by atoms with E-state index < -0.39 is 0 Å². The van der Waals surface area contributed by atoms with E-state index in [-0.39, 0.29) is 22.6 Å².